The highest BCUT2D eigenvalue weighted by molar-refractivity contribution is 5.85. The van der Waals surface area contributed by atoms with Crippen LogP contribution in [0.3, 0.4) is 0 Å². The molecule has 2 aromatic carbocycles. The minimum Gasteiger partial charge on any atom is -0.480 e. The Bertz CT molecular complexity index is 969. The number of hydrogen-bond acceptors (Lipinski definition) is 4. The van der Waals surface area contributed by atoms with Crippen LogP contribution < -0.4 is 10.6 Å². The van der Waals surface area contributed by atoms with Crippen LogP contribution in [0.2, 0.25) is 0 Å². The van der Waals surface area contributed by atoms with E-state index in [1.807, 2.05) is 24.3 Å². The van der Waals surface area contributed by atoms with Gasteiger partial charge in [-0.2, -0.15) is 0 Å². The number of nitrogens with one attached hydrogen (secondary N) is 2. The van der Waals surface area contributed by atoms with Crippen LogP contribution in [-0.2, 0) is 14.3 Å². The van der Waals surface area contributed by atoms with E-state index in [0.29, 0.717) is 19.3 Å². The maximum absolute atomic E-state index is 12.5. The first-order valence-electron chi connectivity index (χ1n) is 10.6. The van der Waals surface area contributed by atoms with Gasteiger partial charge >= 0.3 is 12.1 Å². The summed E-state index contributed by atoms with van der Waals surface area (Å²) in [5.41, 5.74) is 3.94. The highest BCUT2D eigenvalue weighted by Crippen LogP contribution is 2.44. The van der Waals surface area contributed by atoms with Crippen molar-refractivity contribution < 1.29 is 24.2 Å². The molecule has 1 fully saturated rings. The fourth-order valence-electron chi connectivity index (χ4n) is 4.24. The molecule has 1 atom stereocenters. The van der Waals surface area contributed by atoms with Crippen molar-refractivity contribution in [1.29, 1.82) is 0 Å². The van der Waals surface area contributed by atoms with E-state index >= 15 is 0 Å². The summed E-state index contributed by atoms with van der Waals surface area (Å²) in [5, 5.41) is 14.4. The number of hydrogen-bond donors (Lipinski definition) is 3. The fraction of sp³-hybridized carbons (Fsp3) is 0.375. The second-order valence-corrected chi connectivity index (χ2v) is 8.27. The van der Waals surface area contributed by atoms with Crippen LogP contribution in [0.5, 0.6) is 0 Å². The summed E-state index contributed by atoms with van der Waals surface area (Å²) >= 11 is 0. The van der Waals surface area contributed by atoms with E-state index in [0.717, 1.165) is 22.3 Å². The lowest BCUT2D eigenvalue weighted by Gasteiger charge is -2.20. The molecule has 0 saturated heterocycles. The van der Waals surface area contributed by atoms with Crippen molar-refractivity contribution in [2.75, 3.05) is 6.61 Å². The van der Waals surface area contributed by atoms with Crippen molar-refractivity contribution in [1.82, 2.24) is 10.6 Å². The molecule has 0 spiro atoms. The standard InChI is InChI=1S/C24H26N2O5/c1-2-20(22(28)29)25-21(27)13-24(11-12-24)26-23(30)31-14-19-17-9-5-3-7-15(17)16-8-4-6-10-18(16)19/h3-10,19-20H,2,11-14H2,1H3,(H,25,27)(H,26,30)(H,28,29)/t20-/m0/s1. The SMILES string of the molecule is CC[C@H](NC(=O)CC1(NC(=O)OCC2c3ccccc3-c3ccccc32)CC1)C(=O)O. The molecule has 7 nitrogen and oxygen atoms in total. The number of carboxylic acid groups (broad SMARTS) is 1. The predicted octanol–water partition coefficient (Wildman–Crippen LogP) is 3.43. The third kappa shape index (κ3) is 4.40. The van der Waals surface area contributed by atoms with Crippen LogP contribution in [0.1, 0.15) is 49.7 Å². The maximum atomic E-state index is 12.5. The molecule has 0 unspecified atom stereocenters. The first kappa shape index (κ1) is 20.9. The van der Waals surface area contributed by atoms with Crippen molar-refractivity contribution >= 4 is 18.0 Å². The monoisotopic (exact) mass is 422 g/mol. The van der Waals surface area contributed by atoms with Crippen LogP contribution in [0.4, 0.5) is 4.79 Å². The van der Waals surface area contributed by atoms with Gasteiger partial charge in [0.2, 0.25) is 5.91 Å². The Hall–Kier alpha value is -3.35. The molecule has 3 N–H and O–H groups in total. The van der Waals surface area contributed by atoms with Gasteiger partial charge in [-0.15, -0.1) is 0 Å². The number of aliphatic carboxylic acids is 1. The van der Waals surface area contributed by atoms with E-state index < -0.39 is 23.6 Å². The highest BCUT2D eigenvalue weighted by atomic mass is 16.5. The average molecular weight is 422 g/mol. The summed E-state index contributed by atoms with van der Waals surface area (Å²) < 4.78 is 5.56. The smallest absolute Gasteiger partial charge is 0.407 e. The number of carbonyl (C=O) groups is 3. The van der Waals surface area contributed by atoms with Gasteiger partial charge in [-0.05, 0) is 41.5 Å². The van der Waals surface area contributed by atoms with Gasteiger partial charge in [0.15, 0.2) is 0 Å². The van der Waals surface area contributed by atoms with E-state index in [2.05, 4.69) is 34.9 Å². The number of fused-ring (bicyclic) bond motifs is 3. The summed E-state index contributed by atoms with van der Waals surface area (Å²) in [6, 6.07) is 15.3. The Morgan fingerprint density at radius 1 is 1.06 bits per heavy atom. The van der Waals surface area contributed by atoms with Crippen molar-refractivity contribution in [3.05, 3.63) is 59.7 Å². The number of ether oxygens (including phenoxy) is 1. The van der Waals surface area contributed by atoms with Crippen molar-refractivity contribution in [3.8, 4) is 11.1 Å². The fourth-order valence-corrected chi connectivity index (χ4v) is 4.24. The van der Waals surface area contributed by atoms with E-state index in [1.165, 1.54) is 0 Å². The third-order valence-corrected chi connectivity index (χ3v) is 6.10. The normalized spacial score (nSPS) is 16.5. The summed E-state index contributed by atoms with van der Waals surface area (Å²) in [7, 11) is 0. The molecule has 0 heterocycles. The van der Waals surface area contributed by atoms with Gasteiger partial charge in [-0.1, -0.05) is 55.5 Å². The zero-order valence-electron chi connectivity index (χ0n) is 17.4. The Kier molecular flexibility index (Phi) is 5.67. The van der Waals surface area contributed by atoms with E-state index in [1.54, 1.807) is 6.92 Å². The predicted molar refractivity (Wildman–Crippen MR) is 115 cm³/mol. The molecule has 162 valence electrons. The molecule has 2 aliphatic carbocycles. The largest absolute Gasteiger partial charge is 0.480 e. The lowest BCUT2D eigenvalue weighted by molar-refractivity contribution is -0.142. The van der Waals surface area contributed by atoms with Gasteiger partial charge in [0.05, 0.1) is 5.54 Å². The van der Waals surface area contributed by atoms with Crippen molar-refractivity contribution in [2.24, 2.45) is 0 Å². The van der Waals surface area contributed by atoms with Crippen LogP contribution >= 0.6 is 0 Å². The van der Waals surface area contributed by atoms with Gasteiger partial charge in [0.1, 0.15) is 12.6 Å². The van der Waals surface area contributed by atoms with E-state index in [9.17, 15) is 14.4 Å². The quantitative estimate of drug-likeness (QED) is 0.605. The Morgan fingerprint density at radius 3 is 2.16 bits per heavy atom. The molecule has 0 bridgehead atoms. The van der Waals surface area contributed by atoms with Crippen molar-refractivity contribution in [3.63, 3.8) is 0 Å². The lowest BCUT2D eigenvalue weighted by atomic mass is 9.98. The van der Waals surface area contributed by atoms with Gasteiger partial charge < -0.3 is 20.5 Å². The van der Waals surface area contributed by atoms with Crippen LogP contribution in [0.25, 0.3) is 11.1 Å². The number of alkyl carbamates (subject to hydrolysis) is 1. The second kappa shape index (κ2) is 8.41. The van der Waals surface area contributed by atoms with Gasteiger partial charge in [-0.25, -0.2) is 9.59 Å². The first-order chi connectivity index (χ1) is 14.9. The minimum atomic E-state index is -1.06. The van der Waals surface area contributed by atoms with Gasteiger partial charge in [-0.3, -0.25) is 4.79 Å². The van der Waals surface area contributed by atoms with Crippen molar-refractivity contribution in [2.45, 2.75) is 50.1 Å². The highest BCUT2D eigenvalue weighted by Gasteiger charge is 2.46. The Morgan fingerprint density at radius 2 is 1.65 bits per heavy atom. The lowest BCUT2D eigenvalue weighted by Crippen LogP contribution is -2.45. The Balaban J connectivity index is 1.35. The zero-order valence-corrected chi connectivity index (χ0v) is 17.4. The second-order valence-electron chi connectivity index (χ2n) is 8.27. The summed E-state index contributed by atoms with van der Waals surface area (Å²) in [5.74, 6) is -1.48. The average Bonchev–Trinajstić information content (AvgIpc) is 3.42. The first-order valence-corrected chi connectivity index (χ1v) is 10.6. The summed E-state index contributed by atoms with van der Waals surface area (Å²) in [6.45, 7) is 1.90. The van der Waals surface area contributed by atoms with Gasteiger partial charge in [0, 0.05) is 12.3 Å². The maximum Gasteiger partial charge on any atom is 0.407 e. The van der Waals surface area contributed by atoms with Gasteiger partial charge in [0.25, 0.3) is 0 Å². The van der Waals surface area contributed by atoms with E-state index in [4.69, 9.17) is 9.84 Å². The topological polar surface area (TPSA) is 105 Å². The molecular weight excluding hydrogens is 396 g/mol. The minimum absolute atomic E-state index is 0.0301. The molecule has 0 radical (unpaired) electrons. The third-order valence-electron chi connectivity index (χ3n) is 6.10. The molecule has 0 aliphatic heterocycles. The van der Waals surface area contributed by atoms with E-state index in [-0.39, 0.29) is 24.9 Å². The molecule has 2 amide bonds. The molecule has 7 heteroatoms. The van der Waals surface area contributed by atoms with Crippen LogP contribution in [0, 0.1) is 0 Å². The molecule has 31 heavy (non-hydrogen) atoms. The number of amides is 2. The number of rotatable bonds is 8. The number of carbonyl (C=O) groups excluding carboxylic acids is 2. The molecule has 1 saturated carbocycles. The molecule has 2 aliphatic rings. The molecule has 4 rings (SSSR count). The zero-order chi connectivity index (χ0) is 22.0. The molecule has 2 aromatic rings. The summed E-state index contributed by atoms with van der Waals surface area (Å²) in [4.78, 5) is 35.8. The van der Waals surface area contributed by atoms with Crippen LogP contribution in [-0.4, -0.2) is 41.3 Å². The number of benzene rings is 2. The molecule has 0 aromatic heterocycles. The summed E-state index contributed by atoms with van der Waals surface area (Å²) in [6.07, 6.45) is 1.11. The molecular formula is C24H26N2O5. The Labute approximate surface area is 180 Å². The number of carboxylic acids is 1. The van der Waals surface area contributed by atoms with Crippen LogP contribution in [0.15, 0.2) is 48.5 Å².